The monoisotopic (exact) mass is 456 g/mol. The van der Waals surface area contributed by atoms with E-state index in [9.17, 15) is 9.59 Å². The van der Waals surface area contributed by atoms with E-state index in [0.29, 0.717) is 16.8 Å². The van der Waals surface area contributed by atoms with Gasteiger partial charge >= 0.3 is 0 Å². The first-order valence-electron chi connectivity index (χ1n) is 11.0. The molecule has 0 spiro atoms. The van der Waals surface area contributed by atoms with Gasteiger partial charge in [0.2, 0.25) is 0 Å². The molecule has 1 aliphatic heterocycles. The lowest BCUT2D eigenvalue weighted by Gasteiger charge is -2.15. The summed E-state index contributed by atoms with van der Waals surface area (Å²) in [5, 5.41) is 2.90. The van der Waals surface area contributed by atoms with Gasteiger partial charge in [-0.15, -0.1) is 11.8 Å². The van der Waals surface area contributed by atoms with Gasteiger partial charge in [0.15, 0.2) is 0 Å². The van der Waals surface area contributed by atoms with Crippen molar-refractivity contribution in [2.75, 3.05) is 18.4 Å². The molecule has 0 aliphatic carbocycles. The Labute approximate surface area is 196 Å². The average Bonchev–Trinajstić information content (AvgIpc) is 3.53. The minimum Gasteiger partial charge on any atom is -0.339 e. The molecule has 1 fully saturated rings. The molecule has 5 rings (SSSR count). The summed E-state index contributed by atoms with van der Waals surface area (Å²) >= 11 is 1.68. The highest BCUT2D eigenvalue weighted by atomic mass is 32.2. The Morgan fingerprint density at radius 3 is 2.36 bits per heavy atom. The summed E-state index contributed by atoms with van der Waals surface area (Å²) in [4.78, 5) is 32.6. The number of thioether (sulfide) groups is 1. The van der Waals surface area contributed by atoms with Crippen LogP contribution in [0.4, 0.5) is 5.69 Å². The molecule has 3 heterocycles. The third kappa shape index (κ3) is 4.93. The van der Waals surface area contributed by atoms with Crippen LogP contribution in [-0.4, -0.2) is 39.2 Å². The van der Waals surface area contributed by atoms with E-state index in [1.165, 1.54) is 0 Å². The summed E-state index contributed by atoms with van der Waals surface area (Å²) in [6, 6.07) is 20.6. The number of fused-ring (bicyclic) bond motifs is 1. The maximum atomic E-state index is 12.6. The summed E-state index contributed by atoms with van der Waals surface area (Å²) in [6.45, 7) is 1.65. The molecule has 0 bridgehead atoms. The fourth-order valence-electron chi connectivity index (χ4n) is 3.92. The molecule has 0 saturated carbocycles. The molecular formula is C26H24N4O2S. The predicted octanol–water partition coefficient (Wildman–Crippen LogP) is 5.11. The first-order valence-corrected chi connectivity index (χ1v) is 12.0. The van der Waals surface area contributed by atoms with E-state index in [0.717, 1.165) is 47.9 Å². The number of carbonyl (C=O) groups is 2. The molecular weight excluding hydrogens is 432 g/mol. The number of rotatable bonds is 6. The molecule has 2 aromatic heterocycles. The van der Waals surface area contributed by atoms with Gasteiger partial charge in [-0.3, -0.25) is 9.59 Å². The predicted molar refractivity (Wildman–Crippen MR) is 131 cm³/mol. The van der Waals surface area contributed by atoms with Crippen molar-refractivity contribution >= 4 is 34.9 Å². The van der Waals surface area contributed by atoms with Gasteiger partial charge in [0, 0.05) is 52.9 Å². The van der Waals surface area contributed by atoms with Crippen molar-refractivity contribution in [2.45, 2.75) is 23.5 Å². The lowest BCUT2D eigenvalue weighted by atomic mass is 10.1. The van der Waals surface area contributed by atoms with Crippen molar-refractivity contribution < 1.29 is 9.59 Å². The van der Waals surface area contributed by atoms with Gasteiger partial charge in [0.25, 0.3) is 11.8 Å². The normalized spacial score (nSPS) is 13.4. The number of pyridine rings is 1. The Bertz CT molecular complexity index is 1240. The van der Waals surface area contributed by atoms with Gasteiger partial charge in [0.05, 0.1) is 5.69 Å². The molecule has 0 atom stereocenters. The molecule has 0 radical (unpaired) electrons. The van der Waals surface area contributed by atoms with E-state index in [1.807, 2.05) is 64.2 Å². The fourth-order valence-corrected chi connectivity index (χ4v) is 4.70. The number of hydrogen-bond acceptors (Lipinski definition) is 4. The zero-order valence-corrected chi connectivity index (χ0v) is 18.9. The molecule has 2 aromatic carbocycles. The fraction of sp³-hybridized carbons (Fsp3) is 0.192. The molecule has 33 heavy (non-hydrogen) atoms. The van der Waals surface area contributed by atoms with Crippen LogP contribution in [0.3, 0.4) is 0 Å². The van der Waals surface area contributed by atoms with Crippen LogP contribution >= 0.6 is 11.8 Å². The van der Waals surface area contributed by atoms with E-state index in [1.54, 1.807) is 36.0 Å². The van der Waals surface area contributed by atoms with Gasteiger partial charge in [-0.1, -0.05) is 6.07 Å². The number of hydrogen-bond donors (Lipinski definition) is 1. The van der Waals surface area contributed by atoms with E-state index in [-0.39, 0.29) is 11.8 Å². The summed E-state index contributed by atoms with van der Waals surface area (Å²) in [6.07, 6.45) is 6.16. The molecule has 4 aromatic rings. The van der Waals surface area contributed by atoms with Crippen molar-refractivity contribution in [3.8, 4) is 0 Å². The van der Waals surface area contributed by atoms with Gasteiger partial charge in [0.1, 0.15) is 5.65 Å². The maximum absolute atomic E-state index is 12.6. The molecule has 1 N–H and O–H groups in total. The summed E-state index contributed by atoms with van der Waals surface area (Å²) in [5.74, 6) is 0.642. The average molecular weight is 457 g/mol. The largest absolute Gasteiger partial charge is 0.339 e. The van der Waals surface area contributed by atoms with Crippen LogP contribution < -0.4 is 5.32 Å². The van der Waals surface area contributed by atoms with E-state index in [4.69, 9.17) is 0 Å². The van der Waals surface area contributed by atoms with E-state index < -0.39 is 0 Å². The number of aromatic nitrogens is 2. The maximum Gasteiger partial charge on any atom is 0.255 e. The van der Waals surface area contributed by atoms with Crippen molar-refractivity contribution in [1.29, 1.82) is 0 Å². The molecule has 2 amide bonds. The highest BCUT2D eigenvalue weighted by molar-refractivity contribution is 7.98. The zero-order valence-electron chi connectivity index (χ0n) is 18.1. The second-order valence-electron chi connectivity index (χ2n) is 8.04. The Hall–Kier alpha value is -3.58. The topological polar surface area (TPSA) is 66.7 Å². The first-order chi connectivity index (χ1) is 16.2. The van der Waals surface area contributed by atoms with Crippen LogP contribution in [0, 0.1) is 0 Å². The van der Waals surface area contributed by atoms with Crippen molar-refractivity contribution in [1.82, 2.24) is 14.3 Å². The minimum atomic E-state index is -0.175. The number of benzene rings is 2. The second kappa shape index (κ2) is 9.50. The molecule has 0 unspecified atom stereocenters. The number of nitrogens with one attached hydrogen (secondary N) is 1. The standard InChI is InChI=1S/C26H24N4O2S/c31-25(28-21-10-6-20(7-11-21)26(32)29-14-3-4-15-29)19-8-12-23(13-9-19)33-18-22-17-30-16-2-1-5-24(30)27-22/h1-2,5-13,16-17H,3-4,14-15,18H2,(H,28,31). The van der Waals surface area contributed by atoms with Crippen LogP contribution in [0.5, 0.6) is 0 Å². The van der Waals surface area contributed by atoms with Crippen molar-refractivity contribution in [3.63, 3.8) is 0 Å². The van der Waals surface area contributed by atoms with Crippen LogP contribution in [0.2, 0.25) is 0 Å². The highest BCUT2D eigenvalue weighted by Crippen LogP contribution is 2.23. The Kier molecular flexibility index (Phi) is 6.13. The number of amides is 2. The van der Waals surface area contributed by atoms with Gasteiger partial charge < -0.3 is 14.6 Å². The van der Waals surface area contributed by atoms with Crippen molar-refractivity contribution in [2.24, 2.45) is 0 Å². The zero-order chi connectivity index (χ0) is 22.6. The van der Waals surface area contributed by atoms with Gasteiger partial charge in [-0.25, -0.2) is 4.98 Å². The third-order valence-corrected chi connectivity index (χ3v) is 6.75. The number of carbonyl (C=O) groups excluding carboxylic acids is 2. The molecule has 1 saturated heterocycles. The SMILES string of the molecule is O=C(Nc1ccc(C(=O)N2CCCC2)cc1)c1ccc(SCc2cn3ccccc3n2)cc1. The smallest absolute Gasteiger partial charge is 0.255 e. The summed E-state index contributed by atoms with van der Waals surface area (Å²) in [5.41, 5.74) is 3.86. The summed E-state index contributed by atoms with van der Waals surface area (Å²) in [7, 11) is 0. The lowest BCUT2D eigenvalue weighted by molar-refractivity contribution is 0.0792. The van der Waals surface area contributed by atoms with E-state index >= 15 is 0 Å². The Balaban J connectivity index is 1.16. The van der Waals surface area contributed by atoms with Gasteiger partial charge in [-0.2, -0.15) is 0 Å². The second-order valence-corrected chi connectivity index (χ2v) is 9.09. The quantitative estimate of drug-likeness (QED) is 0.409. The van der Waals surface area contributed by atoms with Crippen LogP contribution in [0.15, 0.2) is 84.0 Å². The minimum absolute atomic E-state index is 0.0575. The van der Waals surface area contributed by atoms with Crippen molar-refractivity contribution in [3.05, 3.63) is 95.9 Å². The van der Waals surface area contributed by atoms with Crippen LogP contribution in [-0.2, 0) is 5.75 Å². The van der Waals surface area contributed by atoms with E-state index in [2.05, 4.69) is 10.3 Å². The molecule has 6 nitrogen and oxygen atoms in total. The van der Waals surface area contributed by atoms with Gasteiger partial charge in [-0.05, 0) is 73.5 Å². The lowest BCUT2D eigenvalue weighted by Crippen LogP contribution is -2.27. The Morgan fingerprint density at radius 1 is 0.909 bits per heavy atom. The summed E-state index contributed by atoms with van der Waals surface area (Å²) < 4.78 is 2.01. The molecule has 7 heteroatoms. The number of likely N-dealkylation sites (tertiary alicyclic amines) is 1. The van der Waals surface area contributed by atoms with Crippen LogP contribution in [0.1, 0.15) is 39.3 Å². The number of imidazole rings is 1. The van der Waals surface area contributed by atoms with Crippen LogP contribution in [0.25, 0.3) is 5.65 Å². The highest BCUT2D eigenvalue weighted by Gasteiger charge is 2.19. The Morgan fingerprint density at radius 2 is 1.64 bits per heavy atom. The molecule has 166 valence electrons. The third-order valence-electron chi connectivity index (χ3n) is 5.70. The number of anilines is 1. The first kappa shape index (κ1) is 21.3. The number of nitrogens with zero attached hydrogens (tertiary/aromatic N) is 3. The molecule has 1 aliphatic rings.